The first kappa shape index (κ1) is 15.9. The molecule has 0 N–H and O–H groups in total. The van der Waals surface area contributed by atoms with Crippen molar-refractivity contribution in [2.75, 3.05) is 13.2 Å². The van der Waals surface area contributed by atoms with Gasteiger partial charge in [0.2, 0.25) is 0 Å². The molecule has 1 aliphatic heterocycles. The van der Waals surface area contributed by atoms with E-state index in [1.165, 1.54) is 0 Å². The number of hydrogen-bond acceptors (Lipinski definition) is 5. The van der Waals surface area contributed by atoms with E-state index in [1.54, 1.807) is 30.5 Å². The van der Waals surface area contributed by atoms with Gasteiger partial charge in [0.25, 0.3) is 0 Å². The van der Waals surface area contributed by atoms with Crippen LogP contribution in [0.25, 0.3) is 0 Å². The maximum atomic E-state index is 11.9. The first-order valence-corrected chi connectivity index (χ1v) is 7.71. The summed E-state index contributed by atoms with van der Waals surface area (Å²) in [6.07, 6.45) is 1.66. The van der Waals surface area contributed by atoms with Crippen molar-refractivity contribution in [1.29, 1.82) is 0 Å². The summed E-state index contributed by atoms with van der Waals surface area (Å²) in [6.45, 7) is 1.06. The van der Waals surface area contributed by atoms with Gasteiger partial charge in [-0.3, -0.25) is 4.79 Å². The maximum Gasteiger partial charge on any atom is 0.310 e. The van der Waals surface area contributed by atoms with Gasteiger partial charge in [-0.15, -0.1) is 0 Å². The first-order valence-electron chi connectivity index (χ1n) is 6.96. The molecule has 0 unspecified atom stereocenters. The molecule has 5 nitrogen and oxygen atoms in total. The monoisotopic (exact) mass is 353 g/mol. The molecule has 23 heavy (non-hydrogen) atoms. The largest absolute Gasteiger partial charge is 0.486 e. The Hall–Kier alpha value is -1.98. The Morgan fingerprint density at radius 1 is 1.17 bits per heavy atom. The van der Waals surface area contributed by atoms with Crippen molar-refractivity contribution in [3.8, 4) is 11.5 Å². The van der Waals surface area contributed by atoms with Crippen LogP contribution < -0.4 is 9.47 Å². The number of carbonyl (C=O) groups is 1. The van der Waals surface area contributed by atoms with Gasteiger partial charge in [-0.1, -0.05) is 29.3 Å². The van der Waals surface area contributed by atoms with E-state index in [2.05, 4.69) is 4.98 Å². The predicted octanol–water partition coefficient (Wildman–Crippen LogP) is 3.45. The van der Waals surface area contributed by atoms with E-state index >= 15 is 0 Å². The lowest BCUT2D eigenvalue weighted by Gasteiger charge is -2.20. The SMILES string of the molecule is O=C(Cc1cc(Cl)c2c(c1)OCCO2)OCc1ccc(Cl)nc1. The fourth-order valence-corrected chi connectivity index (χ4v) is 2.54. The average molecular weight is 354 g/mol. The third kappa shape index (κ3) is 4.06. The number of fused-ring (bicyclic) bond motifs is 1. The molecular formula is C16H13Cl2NO4. The Bertz CT molecular complexity index is 719. The minimum Gasteiger partial charge on any atom is -0.486 e. The molecule has 0 spiro atoms. The van der Waals surface area contributed by atoms with Gasteiger partial charge in [-0.05, 0) is 23.8 Å². The molecule has 0 atom stereocenters. The van der Waals surface area contributed by atoms with E-state index in [1.807, 2.05) is 0 Å². The molecule has 0 bridgehead atoms. The number of nitrogens with zero attached hydrogens (tertiary/aromatic N) is 1. The van der Waals surface area contributed by atoms with E-state index in [4.69, 9.17) is 37.4 Å². The van der Waals surface area contributed by atoms with Crippen LogP contribution >= 0.6 is 23.2 Å². The van der Waals surface area contributed by atoms with Crippen LogP contribution in [-0.4, -0.2) is 24.2 Å². The van der Waals surface area contributed by atoms with Crippen molar-refractivity contribution in [2.45, 2.75) is 13.0 Å². The van der Waals surface area contributed by atoms with Crippen molar-refractivity contribution in [3.05, 3.63) is 51.8 Å². The molecule has 2 heterocycles. The van der Waals surface area contributed by atoms with E-state index in [9.17, 15) is 4.79 Å². The highest BCUT2D eigenvalue weighted by atomic mass is 35.5. The maximum absolute atomic E-state index is 11.9. The zero-order valence-electron chi connectivity index (χ0n) is 12.1. The summed E-state index contributed by atoms with van der Waals surface area (Å²) in [5.41, 5.74) is 1.47. The topological polar surface area (TPSA) is 57.7 Å². The third-order valence-corrected chi connectivity index (χ3v) is 3.70. The van der Waals surface area contributed by atoms with E-state index in [0.29, 0.717) is 40.5 Å². The summed E-state index contributed by atoms with van der Waals surface area (Å²) in [6, 6.07) is 6.82. The average Bonchev–Trinajstić information content (AvgIpc) is 2.54. The van der Waals surface area contributed by atoms with Crippen LogP contribution in [0, 0.1) is 0 Å². The van der Waals surface area contributed by atoms with Crippen LogP contribution in [0.1, 0.15) is 11.1 Å². The lowest BCUT2D eigenvalue weighted by Crippen LogP contribution is -2.16. The van der Waals surface area contributed by atoms with E-state index in [0.717, 1.165) is 5.56 Å². The molecule has 0 aliphatic carbocycles. The van der Waals surface area contributed by atoms with Gasteiger partial charge in [-0.2, -0.15) is 0 Å². The summed E-state index contributed by atoms with van der Waals surface area (Å²) in [7, 11) is 0. The number of benzene rings is 1. The van der Waals surface area contributed by atoms with Gasteiger partial charge in [0.15, 0.2) is 11.5 Å². The Balaban J connectivity index is 1.61. The lowest BCUT2D eigenvalue weighted by atomic mass is 10.1. The number of pyridine rings is 1. The number of rotatable bonds is 4. The van der Waals surface area contributed by atoms with Crippen molar-refractivity contribution >= 4 is 29.2 Å². The molecule has 0 saturated carbocycles. The Kier molecular flexibility index (Phi) is 4.88. The van der Waals surface area contributed by atoms with E-state index < -0.39 is 0 Å². The molecule has 3 rings (SSSR count). The molecule has 0 amide bonds. The zero-order chi connectivity index (χ0) is 16.2. The van der Waals surface area contributed by atoms with Crippen LogP contribution in [0.2, 0.25) is 10.2 Å². The second kappa shape index (κ2) is 7.06. The molecular weight excluding hydrogens is 341 g/mol. The Morgan fingerprint density at radius 2 is 2.00 bits per heavy atom. The molecule has 1 aromatic carbocycles. The fourth-order valence-electron chi connectivity index (χ4n) is 2.14. The number of carbonyl (C=O) groups excluding carboxylic acids is 1. The number of hydrogen-bond donors (Lipinski definition) is 0. The standard InChI is InChI=1S/C16H13Cl2NO4/c17-12-5-11(6-13-16(12)22-4-3-21-13)7-15(20)23-9-10-1-2-14(18)19-8-10/h1-2,5-6,8H,3-4,7,9H2. The minimum atomic E-state index is -0.368. The molecule has 2 aromatic rings. The van der Waals surface area contributed by atoms with E-state index in [-0.39, 0.29) is 19.0 Å². The summed E-state index contributed by atoms with van der Waals surface area (Å²) in [5, 5.41) is 0.817. The minimum absolute atomic E-state index is 0.0946. The predicted molar refractivity (Wildman–Crippen MR) is 85.2 cm³/mol. The number of halogens is 2. The molecule has 0 saturated heterocycles. The van der Waals surface area contributed by atoms with Crippen LogP contribution in [-0.2, 0) is 22.6 Å². The number of aromatic nitrogens is 1. The molecule has 1 aromatic heterocycles. The summed E-state index contributed by atoms with van der Waals surface area (Å²) < 4.78 is 16.1. The first-order chi connectivity index (χ1) is 11.1. The second-order valence-corrected chi connectivity index (χ2v) is 5.72. The number of esters is 1. The van der Waals surface area contributed by atoms with Gasteiger partial charge in [0, 0.05) is 11.8 Å². The van der Waals surface area contributed by atoms with Crippen molar-refractivity contribution in [3.63, 3.8) is 0 Å². The number of ether oxygens (including phenoxy) is 3. The van der Waals surface area contributed by atoms with Gasteiger partial charge < -0.3 is 14.2 Å². The van der Waals surface area contributed by atoms with Gasteiger partial charge >= 0.3 is 5.97 Å². The highest BCUT2D eigenvalue weighted by Crippen LogP contribution is 2.38. The van der Waals surface area contributed by atoms with Crippen LogP contribution in [0.3, 0.4) is 0 Å². The normalized spacial score (nSPS) is 12.8. The van der Waals surface area contributed by atoms with Crippen LogP contribution in [0.5, 0.6) is 11.5 Å². The second-order valence-electron chi connectivity index (χ2n) is 4.93. The molecule has 0 fully saturated rings. The highest BCUT2D eigenvalue weighted by molar-refractivity contribution is 6.32. The lowest BCUT2D eigenvalue weighted by molar-refractivity contribution is -0.144. The molecule has 7 heteroatoms. The van der Waals surface area contributed by atoms with Crippen molar-refractivity contribution < 1.29 is 19.0 Å². The highest BCUT2D eigenvalue weighted by Gasteiger charge is 2.18. The van der Waals surface area contributed by atoms with Gasteiger partial charge in [0.05, 0.1) is 11.4 Å². The summed E-state index contributed by atoms with van der Waals surface area (Å²) in [5.74, 6) is 0.698. The summed E-state index contributed by atoms with van der Waals surface area (Å²) >= 11 is 11.8. The molecule has 120 valence electrons. The van der Waals surface area contributed by atoms with Crippen molar-refractivity contribution in [1.82, 2.24) is 4.98 Å². The summed E-state index contributed by atoms with van der Waals surface area (Å²) in [4.78, 5) is 15.9. The van der Waals surface area contributed by atoms with Gasteiger partial charge in [0.1, 0.15) is 25.0 Å². The van der Waals surface area contributed by atoms with Crippen molar-refractivity contribution in [2.24, 2.45) is 0 Å². The molecule has 1 aliphatic rings. The molecule has 0 radical (unpaired) electrons. The third-order valence-electron chi connectivity index (χ3n) is 3.19. The van der Waals surface area contributed by atoms with Crippen LogP contribution in [0.15, 0.2) is 30.5 Å². The Labute approximate surface area is 143 Å². The quantitative estimate of drug-likeness (QED) is 0.622. The Morgan fingerprint density at radius 3 is 2.78 bits per heavy atom. The smallest absolute Gasteiger partial charge is 0.310 e. The van der Waals surface area contributed by atoms with Gasteiger partial charge in [-0.25, -0.2) is 4.98 Å². The fraction of sp³-hybridized carbons (Fsp3) is 0.250. The van der Waals surface area contributed by atoms with Crippen LogP contribution in [0.4, 0.5) is 0 Å². The zero-order valence-corrected chi connectivity index (χ0v) is 13.6.